The molecular weight excluding hydrogens is 231 g/mol. The minimum Gasteiger partial charge on any atom is -0.381 e. The summed E-state index contributed by atoms with van der Waals surface area (Å²) in [5.74, 6) is 0.283. The van der Waals surface area contributed by atoms with Gasteiger partial charge in [0.1, 0.15) is 5.82 Å². The van der Waals surface area contributed by atoms with E-state index in [0.717, 1.165) is 38.2 Å². The number of hydrogen-bond donors (Lipinski definition) is 1. The largest absolute Gasteiger partial charge is 0.381 e. The predicted molar refractivity (Wildman–Crippen MR) is 71.1 cm³/mol. The van der Waals surface area contributed by atoms with Crippen LogP contribution in [-0.4, -0.2) is 26.8 Å². The number of anilines is 1. The van der Waals surface area contributed by atoms with Crippen molar-refractivity contribution in [1.29, 1.82) is 0 Å². The maximum atomic E-state index is 13.9. The first-order valence-electron chi connectivity index (χ1n) is 6.48. The Bertz CT molecular complexity index is 391. The average molecular weight is 252 g/mol. The molecule has 1 aromatic carbocycles. The summed E-state index contributed by atoms with van der Waals surface area (Å²) in [4.78, 5) is 1.97. The van der Waals surface area contributed by atoms with E-state index >= 15 is 0 Å². The molecule has 1 aliphatic heterocycles. The molecule has 4 heteroatoms. The SMILES string of the molecule is CN(CC1CCCOC1)c1c(F)cccc1CN. The highest BCUT2D eigenvalue weighted by Crippen LogP contribution is 2.25. The van der Waals surface area contributed by atoms with Crippen molar-refractivity contribution in [2.45, 2.75) is 19.4 Å². The van der Waals surface area contributed by atoms with Gasteiger partial charge < -0.3 is 15.4 Å². The second-order valence-corrected chi connectivity index (χ2v) is 4.92. The first kappa shape index (κ1) is 13.3. The Balaban J connectivity index is 2.09. The van der Waals surface area contributed by atoms with Crippen molar-refractivity contribution in [3.63, 3.8) is 0 Å². The van der Waals surface area contributed by atoms with E-state index in [2.05, 4.69) is 0 Å². The number of para-hydroxylation sites is 1. The molecule has 0 radical (unpaired) electrons. The molecule has 2 N–H and O–H groups in total. The van der Waals surface area contributed by atoms with Crippen LogP contribution in [0.15, 0.2) is 18.2 Å². The van der Waals surface area contributed by atoms with E-state index in [1.165, 1.54) is 6.07 Å². The zero-order valence-corrected chi connectivity index (χ0v) is 10.9. The Morgan fingerprint density at radius 3 is 3.00 bits per heavy atom. The third-order valence-electron chi connectivity index (χ3n) is 3.46. The molecule has 1 fully saturated rings. The summed E-state index contributed by atoms with van der Waals surface area (Å²) < 4.78 is 19.4. The molecular formula is C14H21FN2O. The maximum Gasteiger partial charge on any atom is 0.146 e. The lowest BCUT2D eigenvalue weighted by Gasteiger charge is -2.29. The van der Waals surface area contributed by atoms with E-state index in [1.54, 1.807) is 6.07 Å². The molecule has 0 spiro atoms. The molecule has 1 unspecified atom stereocenters. The van der Waals surface area contributed by atoms with Gasteiger partial charge in [-0.25, -0.2) is 4.39 Å². The van der Waals surface area contributed by atoms with Gasteiger partial charge in [-0.3, -0.25) is 0 Å². The minimum absolute atomic E-state index is 0.197. The molecule has 1 atom stereocenters. The molecule has 1 aliphatic rings. The van der Waals surface area contributed by atoms with E-state index in [0.29, 0.717) is 18.2 Å². The summed E-state index contributed by atoms with van der Waals surface area (Å²) in [5, 5.41) is 0. The fraction of sp³-hybridized carbons (Fsp3) is 0.571. The Hall–Kier alpha value is -1.13. The van der Waals surface area contributed by atoms with Crippen LogP contribution in [0.2, 0.25) is 0 Å². The van der Waals surface area contributed by atoms with Crippen LogP contribution in [0, 0.1) is 11.7 Å². The van der Waals surface area contributed by atoms with Gasteiger partial charge in [0.25, 0.3) is 0 Å². The summed E-state index contributed by atoms with van der Waals surface area (Å²) in [6.07, 6.45) is 2.25. The number of benzene rings is 1. The van der Waals surface area contributed by atoms with Crippen molar-refractivity contribution in [3.8, 4) is 0 Å². The van der Waals surface area contributed by atoms with Gasteiger partial charge in [-0.1, -0.05) is 12.1 Å². The van der Waals surface area contributed by atoms with Crippen molar-refractivity contribution in [3.05, 3.63) is 29.6 Å². The van der Waals surface area contributed by atoms with Crippen molar-refractivity contribution in [2.24, 2.45) is 11.7 Å². The van der Waals surface area contributed by atoms with Gasteiger partial charge in [-0.05, 0) is 30.4 Å². The Labute approximate surface area is 108 Å². The number of nitrogens with two attached hydrogens (primary N) is 1. The highest BCUT2D eigenvalue weighted by molar-refractivity contribution is 5.54. The second kappa shape index (κ2) is 6.16. The van der Waals surface area contributed by atoms with Gasteiger partial charge in [0.05, 0.1) is 12.3 Å². The van der Waals surface area contributed by atoms with Crippen LogP contribution in [0.25, 0.3) is 0 Å². The van der Waals surface area contributed by atoms with Crippen molar-refractivity contribution in [1.82, 2.24) is 0 Å². The first-order chi connectivity index (χ1) is 8.72. The Morgan fingerprint density at radius 1 is 1.50 bits per heavy atom. The van der Waals surface area contributed by atoms with Crippen molar-refractivity contribution >= 4 is 5.69 Å². The minimum atomic E-state index is -0.197. The lowest BCUT2D eigenvalue weighted by Crippen LogP contribution is -2.32. The number of ether oxygens (including phenoxy) is 1. The second-order valence-electron chi connectivity index (χ2n) is 4.92. The average Bonchev–Trinajstić information content (AvgIpc) is 2.39. The van der Waals surface area contributed by atoms with Crippen LogP contribution >= 0.6 is 0 Å². The molecule has 100 valence electrons. The summed E-state index contributed by atoms with van der Waals surface area (Å²) >= 11 is 0. The molecule has 2 rings (SSSR count). The summed E-state index contributed by atoms with van der Waals surface area (Å²) in [6.45, 7) is 2.80. The fourth-order valence-electron chi connectivity index (χ4n) is 2.58. The molecule has 0 amide bonds. The van der Waals surface area contributed by atoms with Crippen LogP contribution in [0.3, 0.4) is 0 Å². The smallest absolute Gasteiger partial charge is 0.146 e. The van der Waals surface area contributed by atoms with Crippen LogP contribution in [0.4, 0.5) is 10.1 Å². The lowest BCUT2D eigenvalue weighted by molar-refractivity contribution is 0.0576. The third kappa shape index (κ3) is 3.00. The van der Waals surface area contributed by atoms with Crippen LogP contribution in [0.5, 0.6) is 0 Å². The van der Waals surface area contributed by atoms with Gasteiger partial charge >= 0.3 is 0 Å². The lowest BCUT2D eigenvalue weighted by atomic mass is 10.0. The Morgan fingerprint density at radius 2 is 2.33 bits per heavy atom. The highest BCUT2D eigenvalue weighted by atomic mass is 19.1. The van der Waals surface area contributed by atoms with Gasteiger partial charge in [0.2, 0.25) is 0 Å². The van der Waals surface area contributed by atoms with E-state index in [4.69, 9.17) is 10.5 Å². The predicted octanol–water partition coefficient (Wildman–Crippen LogP) is 2.15. The van der Waals surface area contributed by atoms with E-state index in [-0.39, 0.29) is 5.82 Å². The molecule has 1 saturated heterocycles. The monoisotopic (exact) mass is 252 g/mol. The van der Waals surface area contributed by atoms with Crippen LogP contribution in [0.1, 0.15) is 18.4 Å². The standard InChI is InChI=1S/C14H21FN2O/c1-17(9-11-4-3-7-18-10-11)14-12(8-16)5-2-6-13(14)15/h2,5-6,11H,3-4,7-10,16H2,1H3. The molecule has 0 saturated carbocycles. The van der Waals surface area contributed by atoms with Crippen LogP contribution < -0.4 is 10.6 Å². The number of rotatable bonds is 4. The molecule has 1 heterocycles. The number of halogens is 1. The Kier molecular flexibility index (Phi) is 4.55. The topological polar surface area (TPSA) is 38.5 Å². The molecule has 0 bridgehead atoms. The summed E-state index contributed by atoms with van der Waals surface area (Å²) in [5.41, 5.74) is 7.16. The molecule has 1 aromatic rings. The third-order valence-corrected chi connectivity index (χ3v) is 3.46. The van der Waals surface area contributed by atoms with Gasteiger partial charge in [0.15, 0.2) is 0 Å². The van der Waals surface area contributed by atoms with Crippen LogP contribution in [-0.2, 0) is 11.3 Å². The number of hydrogen-bond acceptors (Lipinski definition) is 3. The summed E-state index contributed by atoms with van der Waals surface area (Å²) in [7, 11) is 1.92. The molecule has 0 aliphatic carbocycles. The first-order valence-corrected chi connectivity index (χ1v) is 6.48. The quantitative estimate of drug-likeness (QED) is 0.892. The summed E-state index contributed by atoms with van der Waals surface area (Å²) in [6, 6.07) is 5.08. The number of nitrogens with zero attached hydrogens (tertiary/aromatic N) is 1. The van der Waals surface area contributed by atoms with Crippen molar-refractivity contribution < 1.29 is 9.13 Å². The van der Waals surface area contributed by atoms with E-state index in [1.807, 2.05) is 18.0 Å². The van der Waals surface area contributed by atoms with Crippen molar-refractivity contribution in [2.75, 3.05) is 31.7 Å². The van der Waals surface area contributed by atoms with E-state index < -0.39 is 0 Å². The molecule has 18 heavy (non-hydrogen) atoms. The zero-order chi connectivity index (χ0) is 13.0. The highest BCUT2D eigenvalue weighted by Gasteiger charge is 2.19. The van der Waals surface area contributed by atoms with Gasteiger partial charge in [0, 0.05) is 26.7 Å². The fourth-order valence-corrected chi connectivity index (χ4v) is 2.58. The van der Waals surface area contributed by atoms with Gasteiger partial charge in [-0.15, -0.1) is 0 Å². The molecule has 0 aromatic heterocycles. The molecule has 3 nitrogen and oxygen atoms in total. The normalized spacial score (nSPS) is 19.8. The maximum absolute atomic E-state index is 13.9. The van der Waals surface area contributed by atoms with Gasteiger partial charge in [-0.2, -0.15) is 0 Å². The zero-order valence-electron chi connectivity index (χ0n) is 10.9. The van der Waals surface area contributed by atoms with E-state index in [9.17, 15) is 4.39 Å².